The molecule has 2 aromatic rings. The molecule has 0 fully saturated rings. The summed E-state index contributed by atoms with van der Waals surface area (Å²) in [5, 5.41) is 3.57. The van der Waals surface area contributed by atoms with Gasteiger partial charge in [-0.15, -0.1) is 0 Å². The van der Waals surface area contributed by atoms with E-state index in [1.807, 2.05) is 58.9 Å². The van der Waals surface area contributed by atoms with Crippen molar-refractivity contribution >= 4 is 39.3 Å². The Hall–Kier alpha value is -2.05. The number of carbonyl (C=O) groups excluding carboxylic acids is 2. The number of nitrogens with one attached hydrogen (secondary N) is 1. The first kappa shape index (κ1) is 25.2. The zero-order valence-corrected chi connectivity index (χ0v) is 21.0. The van der Waals surface area contributed by atoms with Crippen LogP contribution in [0.15, 0.2) is 46.9 Å². The molecule has 0 unspecified atom stereocenters. The number of ether oxygens (including phenoxy) is 1. The molecule has 5 nitrogen and oxygen atoms in total. The SMILES string of the molecule is CC[C@@H](C(=O)NC(C)(C)C)N(Cc1ccccc1C)C(=O)COc1ccc(Cl)cc1Br. The van der Waals surface area contributed by atoms with E-state index in [-0.39, 0.29) is 18.4 Å². The number of halogens is 2. The second-order valence-electron chi connectivity index (χ2n) is 8.47. The van der Waals surface area contributed by atoms with Crippen molar-refractivity contribution < 1.29 is 14.3 Å². The molecule has 0 aromatic heterocycles. The van der Waals surface area contributed by atoms with Crippen LogP contribution < -0.4 is 10.1 Å². The van der Waals surface area contributed by atoms with Gasteiger partial charge in [-0.3, -0.25) is 9.59 Å². The molecule has 0 aliphatic carbocycles. The Morgan fingerprint density at radius 1 is 1.19 bits per heavy atom. The molecule has 2 aromatic carbocycles. The lowest BCUT2D eigenvalue weighted by atomic mass is 10.0. The lowest BCUT2D eigenvalue weighted by molar-refractivity contribution is -0.143. The summed E-state index contributed by atoms with van der Waals surface area (Å²) in [4.78, 5) is 27.9. The van der Waals surface area contributed by atoms with Crippen LogP contribution in [0.4, 0.5) is 0 Å². The fourth-order valence-corrected chi connectivity index (χ4v) is 3.96. The van der Waals surface area contributed by atoms with E-state index in [1.165, 1.54) is 0 Å². The number of aryl methyl sites for hydroxylation is 1. The van der Waals surface area contributed by atoms with Crippen LogP contribution in [-0.2, 0) is 16.1 Å². The monoisotopic (exact) mass is 508 g/mol. The molecule has 7 heteroatoms. The molecular weight excluding hydrogens is 480 g/mol. The van der Waals surface area contributed by atoms with Gasteiger partial charge in [0, 0.05) is 17.1 Å². The van der Waals surface area contributed by atoms with Crippen molar-refractivity contribution in [1.82, 2.24) is 10.2 Å². The highest BCUT2D eigenvalue weighted by Crippen LogP contribution is 2.28. The number of carbonyl (C=O) groups is 2. The van der Waals surface area contributed by atoms with Gasteiger partial charge in [0.25, 0.3) is 5.91 Å². The van der Waals surface area contributed by atoms with Crippen molar-refractivity contribution in [2.45, 2.75) is 59.2 Å². The average Bonchev–Trinajstić information content (AvgIpc) is 2.67. The van der Waals surface area contributed by atoms with Crippen molar-refractivity contribution in [3.8, 4) is 5.75 Å². The second-order valence-corrected chi connectivity index (χ2v) is 9.77. The highest BCUT2D eigenvalue weighted by atomic mass is 79.9. The Balaban J connectivity index is 2.27. The summed E-state index contributed by atoms with van der Waals surface area (Å²) in [6.07, 6.45) is 0.490. The van der Waals surface area contributed by atoms with Gasteiger partial charge in [0.15, 0.2) is 6.61 Å². The molecule has 31 heavy (non-hydrogen) atoms. The second kappa shape index (κ2) is 11.0. The predicted molar refractivity (Wildman–Crippen MR) is 128 cm³/mol. The predicted octanol–water partition coefficient (Wildman–Crippen LogP) is 5.51. The summed E-state index contributed by atoms with van der Waals surface area (Å²) in [5.41, 5.74) is 1.66. The van der Waals surface area contributed by atoms with Crippen molar-refractivity contribution in [3.05, 3.63) is 63.1 Å². The van der Waals surface area contributed by atoms with Crippen molar-refractivity contribution in [3.63, 3.8) is 0 Å². The number of hydrogen-bond donors (Lipinski definition) is 1. The Morgan fingerprint density at radius 2 is 1.87 bits per heavy atom. The van der Waals surface area contributed by atoms with Crippen LogP contribution in [-0.4, -0.2) is 34.9 Å². The first-order chi connectivity index (χ1) is 14.5. The molecule has 2 amide bonds. The summed E-state index contributed by atoms with van der Waals surface area (Å²) in [6.45, 7) is 9.81. The third-order valence-electron chi connectivity index (χ3n) is 4.73. The summed E-state index contributed by atoms with van der Waals surface area (Å²) < 4.78 is 6.41. The van der Waals surface area contributed by atoms with E-state index in [4.69, 9.17) is 16.3 Å². The summed E-state index contributed by atoms with van der Waals surface area (Å²) in [6, 6.07) is 12.4. The van der Waals surface area contributed by atoms with E-state index in [2.05, 4.69) is 21.2 Å². The zero-order chi connectivity index (χ0) is 23.2. The summed E-state index contributed by atoms with van der Waals surface area (Å²) >= 11 is 9.38. The molecule has 0 bridgehead atoms. The maximum Gasteiger partial charge on any atom is 0.261 e. The van der Waals surface area contributed by atoms with E-state index < -0.39 is 11.6 Å². The van der Waals surface area contributed by atoms with Gasteiger partial charge in [-0.2, -0.15) is 0 Å². The number of benzene rings is 2. The third-order valence-corrected chi connectivity index (χ3v) is 5.59. The molecule has 0 aliphatic heterocycles. The standard InChI is InChI=1S/C24H30BrClN2O3/c1-6-20(23(30)27-24(3,4)5)28(14-17-10-8-7-9-16(17)2)22(29)15-31-21-12-11-18(26)13-19(21)25/h7-13,20H,6,14-15H2,1-5H3,(H,27,30)/t20-/m0/s1. The van der Waals surface area contributed by atoms with Crippen LogP contribution in [0.1, 0.15) is 45.2 Å². The normalized spacial score (nSPS) is 12.2. The van der Waals surface area contributed by atoms with E-state index in [9.17, 15) is 9.59 Å². The Kier molecular flexibility index (Phi) is 8.95. The van der Waals surface area contributed by atoms with Gasteiger partial charge in [-0.25, -0.2) is 0 Å². The van der Waals surface area contributed by atoms with E-state index >= 15 is 0 Å². The molecule has 0 radical (unpaired) electrons. The lowest BCUT2D eigenvalue weighted by Gasteiger charge is -2.33. The molecule has 0 saturated carbocycles. The molecule has 1 atom stereocenters. The van der Waals surface area contributed by atoms with Crippen LogP contribution in [0.3, 0.4) is 0 Å². The third kappa shape index (κ3) is 7.54. The number of rotatable bonds is 8. The molecule has 168 valence electrons. The highest BCUT2D eigenvalue weighted by Gasteiger charge is 2.31. The van der Waals surface area contributed by atoms with Gasteiger partial charge in [-0.1, -0.05) is 42.8 Å². The number of hydrogen-bond acceptors (Lipinski definition) is 3. The van der Waals surface area contributed by atoms with Crippen LogP contribution in [0.5, 0.6) is 5.75 Å². The van der Waals surface area contributed by atoms with E-state index in [1.54, 1.807) is 23.1 Å². The fourth-order valence-electron chi connectivity index (χ4n) is 3.16. The molecule has 0 aliphatic rings. The van der Waals surface area contributed by atoms with Gasteiger partial charge in [0.1, 0.15) is 11.8 Å². The van der Waals surface area contributed by atoms with Crippen LogP contribution >= 0.6 is 27.5 Å². The number of nitrogens with zero attached hydrogens (tertiary/aromatic N) is 1. The smallest absolute Gasteiger partial charge is 0.261 e. The number of amides is 2. The van der Waals surface area contributed by atoms with Gasteiger partial charge in [0.2, 0.25) is 5.91 Å². The average molecular weight is 510 g/mol. The molecule has 1 N–H and O–H groups in total. The molecule has 0 heterocycles. The van der Waals surface area contributed by atoms with Crippen molar-refractivity contribution in [2.24, 2.45) is 0 Å². The van der Waals surface area contributed by atoms with Gasteiger partial charge >= 0.3 is 0 Å². The first-order valence-corrected chi connectivity index (χ1v) is 11.4. The molecule has 0 spiro atoms. The molecule has 0 saturated heterocycles. The largest absolute Gasteiger partial charge is 0.483 e. The van der Waals surface area contributed by atoms with E-state index in [0.717, 1.165) is 11.1 Å². The molecule has 2 rings (SSSR count). The van der Waals surface area contributed by atoms with Crippen molar-refractivity contribution in [2.75, 3.05) is 6.61 Å². The minimum Gasteiger partial charge on any atom is -0.483 e. The maximum absolute atomic E-state index is 13.3. The lowest BCUT2D eigenvalue weighted by Crippen LogP contribution is -2.54. The topological polar surface area (TPSA) is 58.6 Å². The van der Waals surface area contributed by atoms with E-state index in [0.29, 0.717) is 28.2 Å². The van der Waals surface area contributed by atoms with Gasteiger partial charge in [-0.05, 0) is 79.4 Å². The Morgan fingerprint density at radius 3 is 2.45 bits per heavy atom. The summed E-state index contributed by atoms with van der Waals surface area (Å²) in [7, 11) is 0. The minimum atomic E-state index is -0.608. The minimum absolute atomic E-state index is 0.176. The zero-order valence-electron chi connectivity index (χ0n) is 18.7. The molecular formula is C24H30BrClN2O3. The Labute approximate surface area is 198 Å². The van der Waals surface area contributed by atoms with Crippen LogP contribution in [0.2, 0.25) is 5.02 Å². The van der Waals surface area contributed by atoms with Crippen LogP contribution in [0.25, 0.3) is 0 Å². The maximum atomic E-state index is 13.3. The first-order valence-electron chi connectivity index (χ1n) is 10.3. The fraction of sp³-hybridized carbons (Fsp3) is 0.417. The van der Waals surface area contributed by atoms with Crippen molar-refractivity contribution in [1.29, 1.82) is 0 Å². The van der Waals surface area contributed by atoms with Gasteiger partial charge in [0.05, 0.1) is 4.47 Å². The highest BCUT2D eigenvalue weighted by molar-refractivity contribution is 9.10. The van der Waals surface area contributed by atoms with Gasteiger partial charge < -0.3 is 15.0 Å². The Bertz CT molecular complexity index is 927. The summed E-state index contributed by atoms with van der Waals surface area (Å²) in [5.74, 6) is 0.0754. The quantitative estimate of drug-likeness (QED) is 0.510. The van der Waals surface area contributed by atoms with Crippen LogP contribution in [0, 0.1) is 6.92 Å².